The van der Waals surface area contributed by atoms with E-state index in [-0.39, 0.29) is 24.8 Å². The van der Waals surface area contributed by atoms with Crippen LogP contribution in [0.3, 0.4) is 0 Å². The van der Waals surface area contributed by atoms with Gasteiger partial charge in [-0.15, -0.1) is 0 Å². The number of rotatable bonds is 4. The molecule has 1 aromatic heterocycles. The number of carbonyl (C=O) groups excluding carboxylic acids is 1. The van der Waals surface area contributed by atoms with Gasteiger partial charge in [-0.2, -0.15) is 18.3 Å². The van der Waals surface area contributed by atoms with Gasteiger partial charge < -0.3 is 10.2 Å². The fraction of sp³-hybridized carbons (Fsp3) is 0.565. The number of para-hydroxylation sites is 1. The van der Waals surface area contributed by atoms with E-state index in [1.54, 1.807) is 17.7 Å². The summed E-state index contributed by atoms with van der Waals surface area (Å²) in [4.78, 5) is 15.3. The Kier molecular flexibility index (Phi) is 4.79. The van der Waals surface area contributed by atoms with E-state index < -0.39 is 12.1 Å². The molecule has 1 saturated heterocycles. The second kappa shape index (κ2) is 7.28. The molecule has 1 spiro atoms. The lowest BCUT2D eigenvalue weighted by atomic mass is 9.80. The first-order valence-corrected chi connectivity index (χ1v) is 11.0. The topological polar surface area (TPSA) is 50.2 Å². The van der Waals surface area contributed by atoms with E-state index in [9.17, 15) is 18.0 Å². The largest absolute Gasteiger partial charge is 0.391 e. The van der Waals surface area contributed by atoms with E-state index in [4.69, 9.17) is 0 Å². The molecule has 1 aliphatic heterocycles. The molecule has 5 rings (SSSR count). The fourth-order valence-electron chi connectivity index (χ4n) is 5.00. The van der Waals surface area contributed by atoms with Crippen LogP contribution in [0.5, 0.6) is 0 Å². The molecule has 0 bridgehead atoms. The minimum Gasteiger partial charge on any atom is -0.371 e. The zero-order chi connectivity index (χ0) is 21.8. The third-order valence-corrected chi connectivity index (χ3v) is 7.36. The molecule has 2 aromatic rings. The monoisotopic (exact) mass is 432 g/mol. The quantitative estimate of drug-likeness (QED) is 0.710. The zero-order valence-corrected chi connectivity index (χ0v) is 17.6. The Bertz CT molecular complexity index is 979. The van der Waals surface area contributed by atoms with Crippen molar-refractivity contribution in [1.29, 1.82) is 0 Å². The highest BCUT2D eigenvalue weighted by molar-refractivity contribution is 6.07. The maximum absolute atomic E-state index is 13.0. The van der Waals surface area contributed by atoms with Gasteiger partial charge in [0.05, 0.1) is 17.5 Å². The summed E-state index contributed by atoms with van der Waals surface area (Å²) in [5, 5.41) is 7.24. The molecule has 3 aliphatic rings. The molecule has 0 unspecified atom stereocenters. The van der Waals surface area contributed by atoms with Crippen LogP contribution in [-0.2, 0) is 0 Å². The van der Waals surface area contributed by atoms with Crippen molar-refractivity contribution >= 4 is 17.4 Å². The molecule has 8 heteroatoms. The third kappa shape index (κ3) is 3.92. The number of anilines is 2. The number of carbonyl (C=O) groups is 1. The van der Waals surface area contributed by atoms with Gasteiger partial charge in [-0.1, -0.05) is 12.1 Å². The first kappa shape index (κ1) is 20.4. The number of nitrogens with one attached hydrogen (secondary N) is 1. The first-order valence-electron chi connectivity index (χ1n) is 11.0. The minimum absolute atomic E-state index is 0.0404. The summed E-state index contributed by atoms with van der Waals surface area (Å²) in [6.07, 6.45) is 0.939. The molecule has 166 valence electrons. The van der Waals surface area contributed by atoms with Crippen molar-refractivity contribution in [2.75, 3.05) is 23.3 Å². The van der Waals surface area contributed by atoms with Crippen molar-refractivity contribution in [3.8, 4) is 0 Å². The number of hydrogen-bond acceptors (Lipinski definition) is 3. The molecule has 0 radical (unpaired) electrons. The van der Waals surface area contributed by atoms with Crippen LogP contribution in [0, 0.1) is 18.3 Å². The van der Waals surface area contributed by atoms with Crippen LogP contribution in [0.4, 0.5) is 24.7 Å². The average molecular weight is 432 g/mol. The van der Waals surface area contributed by atoms with Crippen molar-refractivity contribution in [3.63, 3.8) is 0 Å². The van der Waals surface area contributed by atoms with E-state index in [1.807, 2.05) is 24.3 Å². The number of nitrogens with zero attached hydrogens (tertiary/aromatic N) is 3. The van der Waals surface area contributed by atoms with Gasteiger partial charge in [0.1, 0.15) is 0 Å². The Morgan fingerprint density at radius 1 is 1.13 bits per heavy atom. The van der Waals surface area contributed by atoms with Gasteiger partial charge in [-0.05, 0) is 63.0 Å². The summed E-state index contributed by atoms with van der Waals surface area (Å²) in [5.74, 6) is -1.12. The van der Waals surface area contributed by atoms with Crippen LogP contribution < -0.4 is 10.2 Å². The van der Waals surface area contributed by atoms with E-state index in [2.05, 4.69) is 15.3 Å². The Hall–Kier alpha value is -2.51. The highest BCUT2D eigenvalue weighted by Gasteiger charge is 2.49. The molecule has 1 aromatic carbocycles. The van der Waals surface area contributed by atoms with Crippen LogP contribution in [-0.4, -0.2) is 35.0 Å². The Balaban J connectivity index is 1.27. The van der Waals surface area contributed by atoms with Gasteiger partial charge >= 0.3 is 6.18 Å². The SMILES string of the molecule is Cc1cc(NC(=O)c2ccccc2N2CCC3(CC2)CC3)nn1C1CC(C(F)(F)F)C1. The molecule has 1 amide bonds. The highest BCUT2D eigenvalue weighted by Crippen LogP contribution is 2.54. The zero-order valence-electron chi connectivity index (χ0n) is 17.6. The molecule has 5 nitrogen and oxygen atoms in total. The highest BCUT2D eigenvalue weighted by atomic mass is 19.4. The maximum Gasteiger partial charge on any atom is 0.391 e. The number of amides is 1. The number of benzene rings is 1. The lowest BCUT2D eigenvalue weighted by Gasteiger charge is -2.37. The van der Waals surface area contributed by atoms with Crippen LogP contribution in [0.2, 0.25) is 0 Å². The van der Waals surface area contributed by atoms with Crippen LogP contribution in [0.15, 0.2) is 30.3 Å². The molecule has 31 heavy (non-hydrogen) atoms. The standard InChI is InChI=1S/C23H27F3N4O/c1-15-12-20(28-30(15)17-13-16(14-17)23(24,25)26)27-21(31)18-4-2-3-5-19(18)29-10-8-22(6-7-22)9-11-29/h2-5,12,16-17H,6-11,13-14H2,1H3,(H,27,28,31). The van der Waals surface area contributed by atoms with Gasteiger partial charge in [0.15, 0.2) is 5.82 Å². The smallest absolute Gasteiger partial charge is 0.371 e. The van der Waals surface area contributed by atoms with Gasteiger partial charge in [0, 0.05) is 30.5 Å². The molecule has 2 heterocycles. The van der Waals surface area contributed by atoms with Crippen LogP contribution >= 0.6 is 0 Å². The molecular formula is C23H27F3N4O. The Labute approximate surface area is 179 Å². The van der Waals surface area contributed by atoms with Crippen LogP contribution in [0.25, 0.3) is 0 Å². The molecule has 3 fully saturated rings. The first-order chi connectivity index (χ1) is 14.7. The molecule has 2 aliphatic carbocycles. The van der Waals surface area contributed by atoms with Crippen molar-refractivity contribution < 1.29 is 18.0 Å². The lowest BCUT2D eigenvalue weighted by molar-refractivity contribution is -0.203. The lowest BCUT2D eigenvalue weighted by Crippen LogP contribution is -2.37. The van der Waals surface area contributed by atoms with Gasteiger partial charge in [0.25, 0.3) is 5.91 Å². The van der Waals surface area contributed by atoms with Crippen LogP contribution in [0.1, 0.15) is 60.6 Å². The second-order valence-corrected chi connectivity index (χ2v) is 9.44. The summed E-state index contributed by atoms with van der Waals surface area (Å²) in [7, 11) is 0. The number of halogens is 3. The number of hydrogen-bond donors (Lipinski definition) is 1. The Morgan fingerprint density at radius 2 is 1.81 bits per heavy atom. The average Bonchev–Trinajstić information content (AvgIpc) is 3.34. The van der Waals surface area contributed by atoms with E-state index in [1.165, 1.54) is 25.7 Å². The van der Waals surface area contributed by atoms with Crippen molar-refractivity contribution in [2.45, 2.75) is 57.7 Å². The van der Waals surface area contributed by atoms with Gasteiger partial charge in [0.2, 0.25) is 0 Å². The second-order valence-electron chi connectivity index (χ2n) is 9.44. The molecule has 0 atom stereocenters. The van der Waals surface area contributed by atoms with E-state index in [0.29, 0.717) is 16.8 Å². The summed E-state index contributed by atoms with van der Waals surface area (Å²) in [6.45, 7) is 3.72. The predicted octanol–water partition coefficient (Wildman–Crippen LogP) is 5.34. The van der Waals surface area contributed by atoms with Crippen molar-refractivity contribution in [3.05, 3.63) is 41.6 Å². The third-order valence-electron chi connectivity index (χ3n) is 7.36. The predicted molar refractivity (Wildman–Crippen MR) is 112 cm³/mol. The summed E-state index contributed by atoms with van der Waals surface area (Å²) in [6, 6.07) is 9.04. The molecule has 1 N–H and O–H groups in total. The van der Waals surface area contributed by atoms with Gasteiger partial charge in [-0.3, -0.25) is 9.48 Å². The number of piperidine rings is 1. The maximum atomic E-state index is 13.0. The number of aromatic nitrogens is 2. The normalized spacial score (nSPS) is 24.7. The van der Waals surface area contributed by atoms with Crippen molar-refractivity contribution in [2.24, 2.45) is 11.3 Å². The Morgan fingerprint density at radius 3 is 2.45 bits per heavy atom. The molecular weight excluding hydrogens is 405 g/mol. The number of aryl methyl sites for hydroxylation is 1. The van der Waals surface area contributed by atoms with Crippen molar-refractivity contribution in [1.82, 2.24) is 9.78 Å². The van der Waals surface area contributed by atoms with E-state index in [0.717, 1.165) is 24.5 Å². The summed E-state index contributed by atoms with van der Waals surface area (Å²) in [5.41, 5.74) is 2.84. The minimum atomic E-state index is -4.15. The van der Waals surface area contributed by atoms with Gasteiger partial charge in [-0.25, -0.2) is 0 Å². The summed E-state index contributed by atoms with van der Waals surface area (Å²) >= 11 is 0. The molecule has 2 saturated carbocycles. The fourth-order valence-corrected chi connectivity index (χ4v) is 5.00. The summed E-state index contributed by atoms with van der Waals surface area (Å²) < 4.78 is 40.0. The van der Waals surface area contributed by atoms with E-state index >= 15 is 0 Å². The number of alkyl halides is 3.